The summed E-state index contributed by atoms with van der Waals surface area (Å²) < 4.78 is 5.42. The van der Waals surface area contributed by atoms with Gasteiger partial charge in [0.2, 0.25) is 0 Å². The maximum atomic E-state index is 12.5. The Balaban J connectivity index is 1.70. The lowest BCUT2D eigenvalue weighted by Crippen LogP contribution is -2.36. The molecule has 3 heterocycles. The van der Waals surface area contributed by atoms with Gasteiger partial charge >= 0.3 is 6.09 Å². The van der Waals surface area contributed by atoms with E-state index in [1.165, 1.54) is 0 Å². The second-order valence-electron chi connectivity index (χ2n) is 5.74. The van der Waals surface area contributed by atoms with Crippen molar-refractivity contribution in [3.63, 3.8) is 0 Å². The van der Waals surface area contributed by atoms with Gasteiger partial charge in [0.1, 0.15) is 11.3 Å². The number of hydrogen-bond acceptors (Lipinski definition) is 4. The first-order valence-corrected chi connectivity index (χ1v) is 7.28. The summed E-state index contributed by atoms with van der Waals surface area (Å²) in [6.07, 6.45) is 1.93. The summed E-state index contributed by atoms with van der Waals surface area (Å²) in [4.78, 5) is 29.9. The molecule has 3 rings (SSSR count). The van der Waals surface area contributed by atoms with E-state index in [-0.39, 0.29) is 12.0 Å². The van der Waals surface area contributed by atoms with Crippen LogP contribution in [0.15, 0.2) is 18.2 Å². The van der Waals surface area contributed by atoms with Gasteiger partial charge in [-0.05, 0) is 31.9 Å². The molecule has 1 atom stereocenters. The number of amides is 2. The number of aromatic nitrogens is 1. The third-order valence-corrected chi connectivity index (χ3v) is 4.16. The minimum Gasteiger partial charge on any atom is -0.441 e. The maximum Gasteiger partial charge on any atom is 0.407 e. The van der Waals surface area contributed by atoms with E-state index in [1.807, 2.05) is 24.0 Å². The van der Waals surface area contributed by atoms with Gasteiger partial charge in [0.05, 0.1) is 6.54 Å². The van der Waals surface area contributed by atoms with Crippen LogP contribution in [0.3, 0.4) is 0 Å². The molecule has 0 bridgehead atoms. The largest absolute Gasteiger partial charge is 0.441 e. The minimum absolute atomic E-state index is 0.0481. The van der Waals surface area contributed by atoms with E-state index in [1.54, 1.807) is 6.07 Å². The number of likely N-dealkylation sites (tertiary alicyclic amines) is 1. The van der Waals surface area contributed by atoms with Gasteiger partial charge in [-0.25, -0.2) is 9.78 Å². The molecule has 0 aromatic carbocycles. The highest BCUT2D eigenvalue weighted by molar-refractivity contribution is 5.92. The molecule has 1 aromatic rings. The Morgan fingerprint density at radius 3 is 2.95 bits per heavy atom. The fourth-order valence-corrected chi connectivity index (χ4v) is 2.98. The zero-order valence-corrected chi connectivity index (χ0v) is 12.1. The van der Waals surface area contributed by atoms with Crippen LogP contribution in [0.25, 0.3) is 0 Å². The van der Waals surface area contributed by atoms with E-state index in [4.69, 9.17) is 4.74 Å². The van der Waals surface area contributed by atoms with Gasteiger partial charge in [-0.15, -0.1) is 0 Å². The molecule has 0 unspecified atom stereocenters. The van der Waals surface area contributed by atoms with E-state index in [2.05, 4.69) is 10.3 Å². The second-order valence-corrected chi connectivity index (χ2v) is 5.74. The van der Waals surface area contributed by atoms with Gasteiger partial charge in [-0.3, -0.25) is 4.79 Å². The molecular weight excluding hydrogens is 270 g/mol. The number of nitrogens with one attached hydrogen (secondary N) is 1. The third-order valence-electron chi connectivity index (χ3n) is 4.16. The van der Waals surface area contributed by atoms with E-state index in [9.17, 15) is 9.59 Å². The Labute approximate surface area is 123 Å². The van der Waals surface area contributed by atoms with Crippen molar-refractivity contribution < 1.29 is 14.3 Å². The first kappa shape index (κ1) is 13.9. The SMILES string of the molecule is Cc1cccc(C(=O)N2CCC[C@]3(CC2)CNC(=O)O3)n1. The normalized spacial score (nSPS) is 25.4. The molecule has 1 spiro atoms. The maximum absolute atomic E-state index is 12.5. The monoisotopic (exact) mass is 289 g/mol. The average Bonchev–Trinajstić information content (AvgIpc) is 2.70. The molecule has 2 aliphatic rings. The molecule has 2 aliphatic heterocycles. The lowest BCUT2D eigenvalue weighted by molar-refractivity contribution is 0.0438. The number of rotatable bonds is 1. The number of nitrogens with zero attached hydrogens (tertiary/aromatic N) is 2. The predicted molar refractivity (Wildman–Crippen MR) is 75.9 cm³/mol. The van der Waals surface area contributed by atoms with Crippen molar-refractivity contribution in [1.29, 1.82) is 0 Å². The van der Waals surface area contributed by atoms with Crippen molar-refractivity contribution in [1.82, 2.24) is 15.2 Å². The standard InChI is InChI=1S/C15H19N3O3/c1-11-4-2-5-12(17-11)13(19)18-8-3-6-15(7-9-18)10-16-14(20)21-15/h2,4-5H,3,6-10H2,1H3,(H,16,20)/t15-/m0/s1. The van der Waals surface area contributed by atoms with E-state index < -0.39 is 5.60 Å². The highest BCUT2D eigenvalue weighted by atomic mass is 16.6. The molecule has 21 heavy (non-hydrogen) atoms. The van der Waals surface area contributed by atoms with Crippen molar-refractivity contribution >= 4 is 12.0 Å². The highest BCUT2D eigenvalue weighted by Crippen LogP contribution is 2.29. The number of hydrogen-bond donors (Lipinski definition) is 1. The zero-order chi connectivity index (χ0) is 14.9. The van der Waals surface area contributed by atoms with Crippen LogP contribution in [0.1, 0.15) is 35.4 Å². The fraction of sp³-hybridized carbons (Fsp3) is 0.533. The third kappa shape index (κ3) is 2.84. The predicted octanol–water partition coefficient (Wildman–Crippen LogP) is 1.49. The van der Waals surface area contributed by atoms with Crippen LogP contribution in [-0.2, 0) is 4.74 Å². The number of aryl methyl sites for hydroxylation is 1. The number of pyridine rings is 1. The minimum atomic E-state index is -0.438. The second kappa shape index (κ2) is 5.35. The van der Waals surface area contributed by atoms with Gasteiger partial charge in [-0.1, -0.05) is 6.07 Å². The van der Waals surface area contributed by atoms with Crippen molar-refractivity contribution in [2.45, 2.75) is 31.8 Å². The summed E-state index contributed by atoms with van der Waals surface area (Å²) in [6, 6.07) is 5.46. The molecule has 1 aromatic heterocycles. The summed E-state index contributed by atoms with van der Waals surface area (Å²) in [5.74, 6) is -0.0481. The summed E-state index contributed by atoms with van der Waals surface area (Å²) in [5, 5.41) is 2.71. The first-order chi connectivity index (χ1) is 10.1. The molecular formula is C15H19N3O3. The quantitative estimate of drug-likeness (QED) is 0.850. The summed E-state index contributed by atoms with van der Waals surface area (Å²) in [7, 11) is 0. The Bertz CT molecular complexity index is 575. The topological polar surface area (TPSA) is 71.5 Å². The molecule has 0 aliphatic carbocycles. The van der Waals surface area contributed by atoms with Gasteiger partial charge in [0.25, 0.3) is 5.91 Å². The van der Waals surface area contributed by atoms with Gasteiger partial charge in [-0.2, -0.15) is 0 Å². The van der Waals surface area contributed by atoms with E-state index in [0.29, 0.717) is 31.7 Å². The highest BCUT2D eigenvalue weighted by Gasteiger charge is 2.41. The number of ether oxygens (including phenoxy) is 1. The van der Waals surface area contributed by atoms with Crippen LogP contribution < -0.4 is 5.32 Å². The molecule has 0 saturated carbocycles. The Morgan fingerprint density at radius 2 is 2.24 bits per heavy atom. The summed E-state index contributed by atoms with van der Waals surface area (Å²) in [6.45, 7) is 3.67. The lowest BCUT2D eigenvalue weighted by atomic mass is 9.95. The molecule has 2 fully saturated rings. The molecule has 2 saturated heterocycles. The van der Waals surface area contributed by atoms with Crippen LogP contribution in [0, 0.1) is 6.92 Å². The van der Waals surface area contributed by atoms with Gasteiger partial charge < -0.3 is 15.0 Å². The van der Waals surface area contributed by atoms with Gasteiger partial charge in [0, 0.05) is 25.2 Å². The van der Waals surface area contributed by atoms with Crippen molar-refractivity contribution in [2.24, 2.45) is 0 Å². The zero-order valence-electron chi connectivity index (χ0n) is 12.1. The summed E-state index contributed by atoms with van der Waals surface area (Å²) in [5.41, 5.74) is 0.875. The molecule has 2 amide bonds. The number of alkyl carbamates (subject to hydrolysis) is 1. The van der Waals surface area contributed by atoms with Gasteiger partial charge in [0.15, 0.2) is 0 Å². The van der Waals surface area contributed by atoms with Crippen LogP contribution in [-0.4, -0.2) is 47.1 Å². The van der Waals surface area contributed by atoms with Crippen molar-refractivity contribution in [2.75, 3.05) is 19.6 Å². The molecule has 6 heteroatoms. The molecule has 0 radical (unpaired) electrons. The summed E-state index contributed by atoms with van der Waals surface area (Å²) >= 11 is 0. The smallest absolute Gasteiger partial charge is 0.407 e. The van der Waals surface area contributed by atoms with E-state index in [0.717, 1.165) is 18.5 Å². The Hall–Kier alpha value is -2.11. The van der Waals surface area contributed by atoms with Crippen LogP contribution in [0.5, 0.6) is 0 Å². The molecule has 112 valence electrons. The molecule has 1 N–H and O–H groups in total. The Morgan fingerprint density at radius 1 is 1.38 bits per heavy atom. The Kier molecular flexibility index (Phi) is 3.53. The average molecular weight is 289 g/mol. The number of carbonyl (C=O) groups excluding carboxylic acids is 2. The first-order valence-electron chi connectivity index (χ1n) is 7.28. The van der Waals surface area contributed by atoms with Crippen molar-refractivity contribution in [3.05, 3.63) is 29.6 Å². The van der Waals surface area contributed by atoms with Crippen LogP contribution >= 0.6 is 0 Å². The van der Waals surface area contributed by atoms with Crippen molar-refractivity contribution in [3.8, 4) is 0 Å². The lowest BCUT2D eigenvalue weighted by Gasteiger charge is -2.24. The van der Waals surface area contributed by atoms with Crippen LogP contribution in [0.2, 0.25) is 0 Å². The fourth-order valence-electron chi connectivity index (χ4n) is 2.98. The molecule has 6 nitrogen and oxygen atoms in total. The van der Waals surface area contributed by atoms with E-state index >= 15 is 0 Å². The number of carbonyl (C=O) groups is 2. The van der Waals surface area contributed by atoms with Crippen LogP contribution in [0.4, 0.5) is 4.79 Å².